The molecule has 0 saturated carbocycles. The van der Waals surface area contributed by atoms with Crippen molar-refractivity contribution in [2.24, 2.45) is 0 Å². The van der Waals surface area contributed by atoms with Crippen LogP contribution in [0.25, 0.3) is 10.9 Å². The van der Waals surface area contributed by atoms with Gasteiger partial charge in [-0.15, -0.1) is 0 Å². The summed E-state index contributed by atoms with van der Waals surface area (Å²) in [5, 5.41) is 15.1. The first-order valence-electron chi connectivity index (χ1n) is 10.5. The summed E-state index contributed by atoms with van der Waals surface area (Å²) in [4.78, 5) is 32.8. The zero-order valence-electron chi connectivity index (χ0n) is 16.7. The van der Waals surface area contributed by atoms with Gasteiger partial charge in [0.1, 0.15) is 5.69 Å². The molecular weight excluding hydrogens is 382 g/mol. The van der Waals surface area contributed by atoms with Crippen LogP contribution in [0.5, 0.6) is 0 Å². The summed E-state index contributed by atoms with van der Waals surface area (Å²) in [6.07, 6.45) is 3.68. The Labute approximate surface area is 173 Å². The van der Waals surface area contributed by atoms with Gasteiger partial charge in [0.05, 0.1) is 24.0 Å². The average Bonchev–Trinajstić information content (AvgIpc) is 3.39. The third kappa shape index (κ3) is 3.47. The maximum atomic E-state index is 13.0. The highest BCUT2D eigenvalue weighted by atomic mass is 16.3. The number of hydrogen-bond donors (Lipinski definition) is 2. The number of nitrogens with one attached hydrogen (secondary N) is 1. The number of aliphatic hydroxyl groups is 1. The molecule has 2 aromatic heterocycles. The molecule has 2 N–H and O–H groups in total. The highest BCUT2D eigenvalue weighted by molar-refractivity contribution is 5.98. The molecule has 0 spiro atoms. The van der Waals surface area contributed by atoms with Crippen LogP contribution in [0.4, 0.5) is 5.69 Å². The minimum Gasteiger partial charge on any atom is -0.391 e. The molecule has 1 unspecified atom stereocenters. The normalized spacial score (nSPS) is 22.0. The summed E-state index contributed by atoms with van der Waals surface area (Å²) in [7, 11) is 0. The minimum absolute atomic E-state index is 0.0494. The quantitative estimate of drug-likeness (QED) is 0.690. The van der Waals surface area contributed by atoms with Crippen molar-refractivity contribution in [3.63, 3.8) is 0 Å². The van der Waals surface area contributed by atoms with Gasteiger partial charge in [0.25, 0.3) is 11.5 Å². The number of H-pyrrole nitrogens is 1. The smallest absolute Gasteiger partial charge is 0.270 e. The second kappa shape index (κ2) is 7.60. The van der Waals surface area contributed by atoms with E-state index in [9.17, 15) is 14.7 Å². The van der Waals surface area contributed by atoms with Gasteiger partial charge in [0.2, 0.25) is 0 Å². The van der Waals surface area contributed by atoms with Gasteiger partial charge in [-0.25, -0.2) is 4.68 Å². The van der Waals surface area contributed by atoms with E-state index in [4.69, 9.17) is 0 Å². The molecule has 156 valence electrons. The van der Waals surface area contributed by atoms with Crippen LogP contribution in [0.2, 0.25) is 0 Å². The molecule has 0 bridgehead atoms. The number of carbonyl (C=O) groups is 1. The maximum Gasteiger partial charge on any atom is 0.270 e. The van der Waals surface area contributed by atoms with Crippen molar-refractivity contribution in [3.8, 4) is 0 Å². The standard InChI is InChI=1S/C22H25N5O3/c28-18-7-9-25(14-18)17-11-21(29)27(23-12-17)16-5-3-8-26(13-16)22(30)20-10-15-4-1-2-6-19(15)24-20/h1-2,4,6,10-12,16,18,24,28H,3,5,7-9,13-14H2/t16?,18-/m0/s1. The first-order valence-corrected chi connectivity index (χ1v) is 10.5. The van der Waals surface area contributed by atoms with Crippen molar-refractivity contribution < 1.29 is 9.90 Å². The van der Waals surface area contributed by atoms with Gasteiger partial charge in [0.15, 0.2) is 0 Å². The maximum absolute atomic E-state index is 13.0. The number of aromatic nitrogens is 3. The molecule has 1 amide bonds. The van der Waals surface area contributed by atoms with Crippen LogP contribution >= 0.6 is 0 Å². The summed E-state index contributed by atoms with van der Waals surface area (Å²) in [6, 6.07) is 11.1. The third-order valence-corrected chi connectivity index (χ3v) is 6.13. The predicted molar refractivity (Wildman–Crippen MR) is 114 cm³/mol. The molecule has 8 heteroatoms. The van der Waals surface area contributed by atoms with E-state index in [-0.39, 0.29) is 23.6 Å². The van der Waals surface area contributed by atoms with E-state index in [0.717, 1.165) is 36.0 Å². The molecule has 0 radical (unpaired) electrons. The van der Waals surface area contributed by atoms with Gasteiger partial charge in [0, 0.05) is 43.1 Å². The van der Waals surface area contributed by atoms with Crippen molar-refractivity contribution in [2.45, 2.75) is 31.4 Å². The topological polar surface area (TPSA) is 94.5 Å². The number of benzene rings is 1. The number of hydrogen-bond acceptors (Lipinski definition) is 5. The second-order valence-electron chi connectivity index (χ2n) is 8.20. The van der Waals surface area contributed by atoms with E-state index < -0.39 is 0 Å². The van der Waals surface area contributed by atoms with Crippen LogP contribution in [0.3, 0.4) is 0 Å². The molecule has 3 aromatic rings. The van der Waals surface area contributed by atoms with Crippen LogP contribution in [-0.2, 0) is 0 Å². The number of β-amino-alcohol motifs (C(OH)–C–C–N with tert-alkyl or cyclic N) is 1. The number of likely N-dealkylation sites (tertiary alicyclic amines) is 1. The lowest BCUT2D eigenvalue weighted by Crippen LogP contribution is -2.43. The van der Waals surface area contributed by atoms with Crippen molar-refractivity contribution in [3.05, 3.63) is 58.6 Å². The Morgan fingerprint density at radius 3 is 2.77 bits per heavy atom. The van der Waals surface area contributed by atoms with E-state index in [1.807, 2.05) is 35.2 Å². The number of anilines is 1. The summed E-state index contributed by atoms with van der Waals surface area (Å²) < 4.78 is 1.50. The molecule has 1 aromatic carbocycles. The number of rotatable bonds is 3. The minimum atomic E-state index is -0.352. The predicted octanol–water partition coefficient (Wildman–Crippen LogP) is 1.77. The Bertz CT molecular complexity index is 1100. The molecule has 2 aliphatic heterocycles. The number of amides is 1. The van der Waals surface area contributed by atoms with Gasteiger partial charge in [-0.05, 0) is 31.4 Å². The molecule has 2 aliphatic rings. The Hall–Kier alpha value is -3.13. The fourth-order valence-corrected chi connectivity index (χ4v) is 4.53. The summed E-state index contributed by atoms with van der Waals surface area (Å²) in [6.45, 7) is 2.38. The Kier molecular flexibility index (Phi) is 4.78. The number of aliphatic hydroxyl groups excluding tert-OH is 1. The lowest BCUT2D eigenvalue weighted by atomic mass is 10.1. The summed E-state index contributed by atoms with van der Waals surface area (Å²) in [5.74, 6) is -0.0494. The first-order chi connectivity index (χ1) is 14.6. The SMILES string of the molecule is O=C(c1cc2ccccc2[nH]1)N1CCCC(n2ncc(N3CC[C@H](O)C3)cc2=O)C1. The van der Waals surface area contributed by atoms with Gasteiger partial charge >= 0.3 is 0 Å². The summed E-state index contributed by atoms with van der Waals surface area (Å²) in [5.41, 5.74) is 2.09. The van der Waals surface area contributed by atoms with E-state index in [2.05, 4.69) is 10.1 Å². The number of nitrogens with zero attached hydrogens (tertiary/aromatic N) is 4. The number of fused-ring (bicyclic) bond motifs is 1. The molecule has 4 heterocycles. The fourth-order valence-electron chi connectivity index (χ4n) is 4.53. The van der Waals surface area contributed by atoms with Gasteiger partial charge < -0.3 is 19.9 Å². The zero-order valence-corrected chi connectivity index (χ0v) is 16.7. The van der Waals surface area contributed by atoms with Gasteiger partial charge in [-0.3, -0.25) is 9.59 Å². The highest BCUT2D eigenvalue weighted by Gasteiger charge is 2.28. The molecule has 2 fully saturated rings. The fraction of sp³-hybridized carbons (Fsp3) is 0.409. The van der Waals surface area contributed by atoms with Crippen LogP contribution in [0, 0.1) is 0 Å². The van der Waals surface area contributed by atoms with Crippen molar-refractivity contribution in [2.75, 3.05) is 31.1 Å². The van der Waals surface area contributed by atoms with Crippen molar-refractivity contribution in [1.29, 1.82) is 0 Å². The zero-order chi connectivity index (χ0) is 20.7. The molecule has 0 aliphatic carbocycles. The van der Waals surface area contributed by atoms with Crippen LogP contribution in [0.15, 0.2) is 47.4 Å². The van der Waals surface area contributed by atoms with E-state index in [0.29, 0.717) is 31.7 Å². The van der Waals surface area contributed by atoms with Crippen LogP contribution in [0.1, 0.15) is 35.8 Å². The lowest BCUT2D eigenvalue weighted by Gasteiger charge is -2.33. The molecular formula is C22H25N5O3. The van der Waals surface area contributed by atoms with Gasteiger partial charge in [-0.2, -0.15) is 5.10 Å². The molecule has 8 nitrogen and oxygen atoms in total. The van der Waals surface area contributed by atoms with E-state index in [1.54, 1.807) is 17.2 Å². The van der Waals surface area contributed by atoms with E-state index in [1.165, 1.54) is 4.68 Å². The highest BCUT2D eigenvalue weighted by Crippen LogP contribution is 2.24. The number of para-hydroxylation sites is 1. The van der Waals surface area contributed by atoms with Crippen LogP contribution in [-0.4, -0.2) is 63.0 Å². The molecule has 30 heavy (non-hydrogen) atoms. The largest absolute Gasteiger partial charge is 0.391 e. The molecule has 2 saturated heterocycles. The Morgan fingerprint density at radius 1 is 1.13 bits per heavy atom. The number of aromatic amines is 1. The Balaban J connectivity index is 1.33. The summed E-state index contributed by atoms with van der Waals surface area (Å²) >= 11 is 0. The van der Waals surface area contributed by atoms with E-state index >= 15 is 0 Å². The number of carbonyl (C=O) groups excluding carboxylic acids is 1. The molecule has 2 atom stereocenters. The third-order valence-electron chi connectivity index (χ3n) is 6.13. The van der Waals surface area contributed by atoms with Gasteiger partial charge in [-0.1, -0.05) is 18.2 Å². The first kappa shape index (κ1) is 18.9. The van der Waals surface area contributed by atoms with Crippen molar-refractivity contribution >= 4 is 22.5 Å². The second-order valence-corrected chi connectivity index (χ2v) is 8.20. The Morgan fingerprint density at radius 2 is 2.00 bits per heavy atom. The van der Waals surface area contributed by atoms with Crippen molar-refractivity contribution in [1.82, 2.24) is 19.7 Å². The lowest BCUT2D eigenvalue weighted by molar-refractivity contribution is 0.0665. The molecule has 5 rings (SSSR count). The van der Waals surface area contributed by atoms with Crippen LogP contribution < -0.4 is 10.5 Å². The monoisotopic (exact) mass is 407 g/mol. The number of piperidine rings is 1. The average molecular weight is 407 g/mol.